The average Bonchev–Trinajstić information content (AvgIpc) is 2.63. The van der Waals surface area contributed by atoms with E-state index in [-0.39, 0.29) is 0 Å². The number of halogens is 1. The van der Waals surface area contributed by atoms with Crippen LogP contribution in [0.1, 0.15) is 5.56 Å². The van der Waals surface area contributed by atoms with Crippen LogP contribution < -0.4 is 4.74 Å². The quantitative estimate of drug-likeness (QED) is 0.414. The van der Waals surface area contributed by atoms with Crippen molar-refractivity contribution in [3.63, 3.8) is 0 Å². The molecule has 0 aliphatic carbocycles. The summed E-state index contributed by atoms with van der Waals surface area (Å²) >= 11 is 6.32. The van der Waals surface area contributed by atoms with Crippen LogP contribution in [0.25, 0.3) is 22.0 Å². The topological polar surface area (TPSA) is 22.1 Å². The van der Waals surface area contributed by atoms with Crippen molar-refractivity contribution in [3.8, 4) is 22.6 Å². The number of nitrogens with zero attached hydrogens (tertiary/aromatic N) is 1. The molecule has 0 radical (unpaired) electrons. The minimum absolute atomic E-state index is 0.662. The van der Waals surface area contributed by atoms with E-state index in [0.717, 1.165) is 39.1 Å². The normalized spacial score (nSPS) is 10.8. The number of fused-ring (bicyclic) bond motifs is 1. The lowest BCUT2D eigenvalue weighted by molar-refractivity contribution is 0.483. The van der Waals surface area contributed by atoms with E-state index in [1.54, 1.807) is 0 Å². The molecule has 3 aromatic carbocycles. The Labute approximate surface area is 151 Å². The van der Waals surface area contributed by atoms with E-state index in [1.165, 1.54) is 0 Å². The molecule has 4 aromatic rings. The van der Waals surface area contributed by atoms with E-state index in [1.807, 2.05) is 60.8 Å². The molecule has 0 bridgehead atoms. The molecule has 0 spiro atoms. The first-order valence-electron chi connectivity index (χ1n) is 8.09. The first kappa shape index (κ1) is 15.7. The maximum absolute atomic E-state index is 6.32. The highest BCUT2D eigenvalue weighted by molar-refractivity contribution is 6.35. The van der Waals surface area contributed by atoms with Crippen LogP contribution in [-0.2, 0) is 0 Å². The van der Waals surface area contributed by atoms with Gasteiger partial charge in [0.2, 0.25) is 0 Å². The van der Waals surface area contributed by atoms with Gasteiger partial charge in [0.15, 0.2) is 0 Å². The minimum atomic E-state index is 0.662. The Bertz CT molecular complexity index is 1040. The zero-order valence-corrected chi connectivity index (χ0v) is 14.5. The molecule has 0 fully saturated rings. The molecule has 25 heavy (non-hydrogen) atoms. The second-order valence-corrected chi connectivity index (χ2v) is 6.30. The van der Waals surface area contributed by atoms with E-state index in [4.69, 9.17) is 16.3 Å². The summed E-state index contributed by atoms with van der Waals surface area (Å²) in [6, 6.07) is 23.8. The fraction of sp³-hybridized carbons (Fsp3) is 0.0455. The van der Waals surface area contributed by atoms with Gasteiger partial charge < -0.3 is 4.74 Å². The molecule has 3 heteroatoms. The van der Waals surface area contributed by atoms with Crippen LogP contribution in [0.5, 0.6) is 11.5 Å². The smallest absolute Gasteiger partial charge is 0.128 e. The van der Waals surface area contributed by atoms with Crippen molar-refractivity contribution in [2.75, 3.05) is 0 Å². The lowest BCUT2D eigenvalue weighted by Gasteiger charge is -2.12. The number of benzene rings is 3. The molecule has 0 N–H and O–H groups in total. The third kappa shape index (κ3) is 3.09. The first-order valence-corrected chi connectivity index (χ1v) is 8.47. The maximum Gasteiger partial charge on any atom is 0.128 e. The fourth-order valence-electron chi connectivity index (χ4n) is 3.01. The molecule has 0 aliphatic heterocycles. The standard InChI is InChI=1S/C22H16ClNO/c1-15-14-24-22-19(11-6-12-20(22)23)21(15)16-7-5-10-18(13-16)25-17-8-3-2-4-9-17/h2-14H,1H3. The summed E-state index contributed by atoms with van der Waals surface area (Å²) in [6.45, 7) is 2.06. The number of pyridine rings is 1. The van der Waals surface area contributed by atoms with Crippen LogP contribution in [-0.4, -0.2) is 4.98 Å². The van der Waals surface area contributed by atoms with Gasteiger partial charge in [0.1, 0.15) is 11.5 Å². The number of rotatable bonds is 3. The summed E-state index contributed by atoms with van der Waals surface area (Å²) in [5, 5.41) is 1.71. The molecule has 122 valence electrons. The number of ether oxygens (including phenoxy) is 1. The number of hydrogen-bond acceptors (Lipinski definition) is 2. The SMILES string of the molecule is Cc1cnc2c(Cl)cccc2c1-c1cccc(Oc2ccccc2)c1. The summed E-state index contributed by atoms with van der Waals surface area (Å²) < 4.78 is 5.97. The van der Waals surface area contributed by atoms with E-state index in [9.17, 15) is 0 Å². The molecule has 2 nitrogen and oxygen atoms in total. The van der Waals surface area contributed by atoms with Gasteiger partial charge in [0, 0.05) is 11.6 Å². The van der Waals surface area contributed by atoms with Crippen LogP contribution in [0, 0.1) is 6.92 Å². The highest BCUT2D eigenvalue weighted by Crippen LogP contribution is 2.35. The van der Waals surface area contributed by atoms with Crippen LogP contribution >= 0.6 is 11.6 Å². The zero-order chi connectivity index (χ0) is 17.2. The predicted octanol–water partition coefficient (Wildman–Crippen LogP) is 6.66. The van der Waals surface area contributed by atoms with Crippen molar-refractivity contribution in [3.05, 3.63) is 89.6 Å². The van der Waals surface area contributed by atoms with Gasteiger partial charge in [0.25, 0.3) is 0 Å². The van der Waals surface area contributed by atoms with E-state index in [2.05, 4.69) is 30.1 Å². The van der Waals surface area contributed by atoms with Gasteiger partial charge in [-0.15, -0.1) is 0 Å². The van der Waals surface area contributed by atoms with E-state index < -0.39 is 0 Å². The Morgan fingerprint density at radius 2 is 1.60 bits per heavy atom. The maximum atomic E-state index is 6.32. The highest BCUT2D eigenvalue weighted by Gasteiger charge is 2.11. The van der Waals surface area contributed by atoms with Gasteiger partial charge in [-0.2, -0.15) is 0 Å². The molecule has 0 atom stereocenters. The Hall–Kier alpha value is -2.84. The zero-order valence-electron chi connectivity index (χ0n) is 13.7. The van der Waals surface area contributed by atoms with Crippen molar-refractivity contribution >= 4 is 22.5 Å². The van der Waals surface area contributed by atoms with Crippen molar-refractivity contribution < 1.29 is 4.74 Å². The Balaban J connectivity index is 1.83. The molecule has 0 aliphatic rings. The van der Waals surface area contributed by atoms with Crippen molar-refractivity contribution in [1.29, 1.82) is 0 Å². The lowest BCUT2D eigenvalue weighted by atomic mass is 9.97. The highest BCUT2D eigenvalue weighted by atomic mass is 35.5. The summed E-state index contributed by atoms with van der Waals surface area (Å²) in [7, 11) is 0. The van der Waals surface area contributed by atoms with Crippen LogP contribution in [0.15, 0.2) is 79.0 Å². The minimum Gasteiger partial charge on any atom is -0.457 e. The molecule has 0 unspecified atom stereocenters. The molecule has 4 rings (SSSR count). The fourth-order valence-corrected chi connectivity index (χ4v) is 3.23. The summed E-state index contributed by atoms with van der Waals surface area (Å²) in [5.74, 6) is 1.62. The summed E-state index contributed by atoms with van der Waals surface area (Å²) in [6.07, 6.45) is 1.87. The molecular formula is C22H16ClNO. The molecule has 0 amide bonds. The Kier molecular flexibility index (Phi) is 4.12. The van der Waals surface area contributed by atoms with E-state index in [0.29, 0.717) is 5.02 Å². The third-order valence-corrected chi connectivity index (χ3v) is 4.44. The Morgan fingerprint density at radius 1 is 0.840 bits per heavy atom. The Morgan fingerprint density at radius 3 is 2.44 bits per heavy atom. The monoisotopic (exact) mass is 345 g/mol. The first-order chi connectivity index (χ1) is 12.2. The number of aromatic nitrogens is 1. The summed E-state index contributed by atoms with van der Waals surface area (Å²) in [4.78, 5) is 4.49. The van der Waals surface area contributed by atoms with Gasteiger partial charge in [-0.05, 0) is 53.9 Å². The van der Waals surface area contributed by atoms with Gasteiger partial charge in [-0.1, -0.05) is 54.1 Å². The van der Waals surface area contributed by atoms with Crippen molar-refractivity contribution in [1.82, 2.24) is 4.98 Å². The molecule has 0 saturated carbocycles. The van der Waals surface area contributed by atoms with Crippen molar-refractivity contribution in [2.45, 2.75) is 6.92 Å². The molecular weight excluding hydrogens is 330 g/mol. The second-order valence-electron chi connectivity index (χ2n) is 5.90. The van der Waals surface area contributed by atoms with Gasteiger partial charge >= 0.3 is 0 Å². The van der Waals surface area contributed by atoms with Gasteiger partial charge in [-0.25, -0.2) is 0 Å². The van der Waals surface area contributed by atoms with Gasteiger partial charge in [0.05, 0.1) is 10.5 Å². The van der Waals surface area contributed by atoms with Crippen molar-refractivity contribution in [2.24, 2.45) is 0 Å². The second kappa shape index (κ2) is 6.58. The summed E-state index contributed by atoms with van der Waals surface area (Å²) in [5.41, 5.74) is 4.14. The lowest BCUT2D eigenvalue weighted by Crippen LogP contribution is -1.91. The van der Waals surface area contributed by atoms with Crippen LogP contribution in [0.2, 0.25) is 5.02 Å². The largest absolute Gasteiger partial charge is 0.457 e. The average molecular weight is 346 g/mol. The number of hydrogen-bond donors (Lipinski definition) is 0. The number of aryl methyl sites for hydroxylation is 1. The van der Waals surface area contributed by atoms with Gasteiger partial charge in [-0.3, -0.25) is 4.98 Å². The molecule has 1 heterocycles. The number of para-hydroxylation sites is 2. The van der Waals surface area contributed by atoms with E-state index >= 15 is 0 Å². The van der Waals surface area contributed by atoms with Crippen LogP contribution in [0.3, 0.4) is 0 Å². The van der Waals surface area contributed by atoms with Crippen LogP contribution in [0.4, 0.5) is 0 Å². The molecule has 1 aromatic heterocycles. The predicted molar refractivity (Wildman–Crippen MR) is 103 cm³/mol. The third-order valence-electron chi connectivity index (χ3n) is 4.14. The molecule has 0 saturated heterocycles.